The number of hydrogen-bond acceptors (Lipinski definition) is 5. The average Bonchev–Trinajstić information content (AvgIpc) is 2.32. The fraction of sp³-hybridized carbons (Fsp3) is 0.462. The molecule has 0 aliphatic rings. The Morgan fingerprint density at radius 2 is 2.00 bits per heavy atom. The van der Waals surface area contributed by atoms with E-state index >= 15 is 0 Å². The fourth-order valence-electron chi connectivity index (χ4n) is 1.47. The van der Waals surface area contributed by atoms with Gasteiger partial charge in [-0.1, -0.05) is 0 Å². The summed E-state index contributed by atoms with van der Waals surface area (Å²) < 4.78 is 24.0. The van der Waals surface area contributed by atoms with E-state index in [0.29, 0.717) is 12.1 Å². The van der Waals surface area contributed by atoms with E-state index in [1.54, 1.807) is 0 Å². The SMILES string of the molecule is CC(C)(C)OCCOc1cc(F)c(C(=O)O)cc1[N+](=O)[O-]. The normalized spacial score (nSPS) is 11.2. The lowest BCUT2D eigenvalue weighted by Gasteiger charge is -2.19. The number of carbonyl (C=O) groups is 1. The minimum atomic E-state index is -1.58. The van der Waals surface area contributed by atoms with Crippen molar-refractivity contribution in [2.24, 2.45) is 0 Å². The van der Waals surface area contributed by atoms with Crippen molar-refractivity contribution in [2.75, 3.05) is 13.2 Å². The molecule has 116 valence electrons. The lowest BCUT2D eigenvalue weighted by atomic mass is 10.1. The van der Waals surface area contributed by atoms with E-state index in [-0.39, 0.29) is 19.0 Å². The van der Waals surface area contributed by atoms with Gasteiger partial charge in [-0.25, -0.2) is 9.18 Å². The number of carboxylic acids is 1. The second-order valence-electron chi connectivity index (χ2n) is 5.17. The Kier molecular flexibility index (Phi) is 5.20. The molecule has 1 aromatic carbocycles. The highest BCUT2D eigenvalue weighted by molar-refractivity contribution is 5.89. The third kappa shape index (κ3) is 4.99. The van der Waals surface area contributed by atoms with Crippen molar-refractivity contribution < 1.29 is 28.7 Å². The Morgan fingerprint density at radius 1 is 1.38 bits per heavy atom. The maximum atomic E-state index is 13.5. The van der Waals surface area contributed by atoms with Crippen molar-refractivity contribution in [3.8, 4) is 5.75 Å². The van der Waals surface area contributed by atoms with E-state index in [9.17, 15) is 19.3 Å². The zero-order valence-electron chi connectivity index (χ0n) is 11.9. The number of nitro benzene ring substituents is 1. The number of aromatic carboxylic acids is 1. The first-order valence-corrected chi connectivity index (χ1v) is 6.10. The highest BCUT2D eigenvalue weighted by atomic mass is 19.1. The first-order valence-electron chi connectivity index (χ1n) is 6.10. The Labute approximate surface area is 120 Å². The van der Waals surface area contributed by atoms with Gasteiger partial charge in [0.25, 0.3) is 0 Å². The van der Waals surface area contributed by atoms with Crippen LogP contribution in [0.1, 0.15) is 31.1 Å². The predicted octanol–water partition coefficient (Wildman–Crippen LogP) is 2.63. The lowest BCUT2D eigenvalue weighted by molar-refractivity contribution is -0.386. The standard InChI is InChI=1S/C13H16FNO6/c1-13(2,3)21-5-4-20-11-7-9(14)8(12(16)17)6-10(11)15(18)19/h6-7H,4-5H2,1-3H3,(H,16,17). The van der Waals surface area contributed by atoms with E-state index in [1.165, 1.54) is 0 Å². The molecule has 1 rings (SSSR count). The molecule has 8 heteroatoms. The Bertz CT molecular complexity index is 552. The van der Waals surface area contributed by atoms with Gasteiger partial charge in [0.05, 0.1) is 17.1 Å². The first-order chi connectivity index (χ1) is 9.61. The average molecular weight is 301 g/mol. The van der Waals surface area contributed by atoms with E-state index in [1.807, 2.05) is 20.8 Å². The van der Waals surface area contributed by atoms with Gasteiger partial charge < -0.3 is 14.6 Å². The van der Waals surface area contributed by atoms with Crippen LogP contribution in [-0.2, 0) is 4.74 Å². The molecule has 1 N–H and O–H groups in total. The largest absolute Gasteiger partial charge is 0.484 e. The van der Waals surface area contributed by atoms with Gasteiger partial charge in [-0.15, -0.1) is 0 Å². The quantitative estimate of drug-likeness (QED) is 0.492. The zero-order chi connectivity index (χ0) is 16.2. The highest BCUT2D eigenvalue weighted by Gasteiger charge is 2.23. The third-order valence-corrected chi connectivity index (χ3v) is 2.35. The van der Waals surface area contributed by atoms with Gasteiger partial charge in [-0.3, -0.25) is 10.1 Å². The summed E-state index contributed by atoms with van der Waals surface area (Å²) in [5.74, 6) is -3.02. The van der Waals surface area contributed by atoms with Crippen LogP contribution < -0.4 is 4.74 Å². The smallest absolute Gasteiger partial charge is 0.338 e. The molecule has 0 radical (unpaired) electrons. The van der Waals surface area contributed by atoms with Gasteiger partial charge in [0.15, 0.2) is 5.75 Å². The summed E-state index contributed by atoms with van der Waals surface area (Å²) in [7, 11) is 0. The summed E-state index contributed by atoms with van der Waals surface area (Å²) in [6.45, 7) is 5.62. The molecule has 0 amide bonds. The molecule has 0 aromatic heterocycles. The van der Waals surface area contributed by atoms with Crippen molar-refractivity contribution in [1.29, 1.82) is 0 Å². The molecule has 1 aromatic rings. The number of ether oxygens (including phenoxy) is 2. The number of rotatable bonds is 6. The number of nitrogens with zero attached hydrogens (tertiary/aromatic N) is 1. The minimum absolute atomic E-state index is 0.0238. The molecule has 21 heavy (non-hydrogen) atoms. The molecule has 0 heterocycles. The molecule has 0 atom stereocenters. The van der Waals surface area contributed by atoms with Crippen molar-refractivity contribution in [3.05, 3.63) is 33.6 Å². The topological polar surface area (TPSA) is 98.9 Å². The van der Waals surface area contributed by atoms with Crippen LogP contribution in [0.2, 0.25) is 0 Å². The lowest BCUT2D eigenvalue weighted by Crippen LogP contribution is -2.22. The fourth-order valence-corrected chi connectivity index (χ4v) is 1.47. The number of carboxylic acid groups (broad SMARTS) is 1. The first kappa shape index (κ1) is 16.8. The van der Waals surface area contributed by atoms with E-state index in [2.05, 4.69) is 0 Å². The molecule has 0 aliphatic carbocycles. The Morgan fingerprint density at radius 3 is 2.48 bits per heavy atom. The van der Waals surface area contributed by atoms with Gasteiger partial charge in [0.1, 0.15) is 18.0 Å². The summed E-state index contributed by atoms with van der Waals surface area (Å²) in [6.07, 6.45) is 0. The monoisotopic (exact) mass is 301 g/mol. The molecule has 0 saturated carbocycles. The van der Waals surface area contributed by atoms with Crippen LogP contribution >= 0.6 is 0 Å². The Balaban J connectivity index is 2.89. The summed E-state index contributed by atoms with van der Waals surface area (Å²) in [5, 5.41) is 19.6. The molecule has 0 bridgehead atoms. The molecular weight excluding hydrogens is 285 g/mol. The molecular formula is C13H16FNO6. The maximum absolute atomic E-state index is 13.5. The van der Waals surface area contributed by atoms with Gasteiger partial charge >= 0.3 is 11.7 Å². The molecule has 7 nitrogen and oxygen atoms in total. The summed E-state index contributed by atoms with van der Waals surface area (Å²) >= 11 is 0. The summed E-state index contributed by atoms with van der Waals surface area (Å²) in [6, 6.07) is 1.33. The van der Waals surface area contributed by atoms with Gasteiger partial charge in [0, 0.05) is 12.1 Å². The molecule has 0 saturated heterocycles. The number of benzene rings is 1. The predicted molar refractivity (Wildman–Crippen MR) is 71.2 cm³/mol. The summed E-state index contributed by atoms with van der Waals surface area (Å²) in [4.78, 5) is 20.8. The van der Waals surface area contributed by atoms with Crippen LogP contribution in [0.5, 0.6) is 5.75 Å². The molecule has 0 unspecified atom stereocenters. The molecule has 0 spiro atoms. The van der Waals surface area contributed by atoms with Crippen LogP contribution in [0.4, 0.5) is 10.1 Å². The van der Waals surface area contributed by atoms with Crippen molar-refractivity contribution in [3.63, 3.8) is 0 Å². The van der Waals surface area contributed by atoms with Crippen LogP contribution in [0, 0.1) is 15.9 Å². The second-order valence-corrected chi connectivity index (χ2v) is 5.17. The third-order valence-electron chi connectivity index (χ3n) is 2.35. The molecule has 0 aliphatic heterocycles. The highest BCUT2D eigenvalue weighted by Crippen LogP contribution is 2.30. The van der Waals surface area contributed by atoms with Crippen molar-refractivity contribution in [2.45, 2.75) is 26.4 Å². The van der Waals surface area contributed by atoms with Crippen LogP contribution in [0.25, 0.3) is 0 Å². The number of nitro groups is 1. The number of hydrogen-bond donors (Lipinski definition) is 1. The van der Waals surface area contributed by atoms with E-state index in [0.717, 1.165) is 0 Å². The summed E-state index contributed by atoms with van der Waals surface area (Å²) in [5.41, 5.74) is -1.78. The second kappa shape index (κ2) is 6.49. The van der Waals surface area contributed by atoms with E-state index < -0.39 is 33.6 Å². The minimum Gasteiger partial charge on any atom is -0.484 e. The molecule has 0 fully saturated rings. The van der Waals surface area contributed by atoms with Crippen LogP contribution in [0.15, 0.2) is 12.1 Å². The van der Waals surface area contributed by atoms with Crippen LogP contribution in [-0.4, -0.2) is 34.8 Å². The van der Waals surface area contributed by atoms with Crippen molar-refractivity contribution in [1.82, 2.24) is 0 Å². The van der Waals surface area contributed by atoms with Gasteiger partial charge in [0.2, 0.25) is 0 Å². The van der Waals surface area contributed by atoms with Crippen LogP contribution in [0.3, 0.4) is 0 Å². The van der Waals surface area contributed by atoms with Crippen molar-refractivity contribution >= 4 is 11.7 Å². The Hall–Kier alpha value is -2.22. The maximum Gasteiger partial charge on any atom is 0.338 e. The van der Waals surface area contributed by atoms with Gasteiger partial charge in [-0.05, 0) is 20.8 Å². The van der Waals surface area contributed by atoms with Gasteiger partial charge in [-0.2, -0.15) is 0 Å². The zero-order valence-corrected chi connectivity index (χ0v) is 11.9. The number of halogens is 1. The van der Waals surface area contributed by atoms with E-state index in [4.69, 9.17) is 14.6 Å².